The van der Waals surface area contributed by atoms with Crippen LogP contribution in [0.1, 0.15) is 0 Å². The van der Waals surface area contributed by atoms with Crippen molar-refractivity contribution in [2.75, 3.05) is 6.54 Å². The van der Waals surface area contributed by atoms with Gasteiger partial charge in [0.25, 0.3) is 0 Å². The molecule has 0 aliphatic rings. The lowest BCUT2D eigenvalue weighted by molar-refractivity contribution is -0.144. The summed E-state index contributed by atoms with van der Waals surface area (Å²) in [5.74, 6) is -3.37. The minimum atomic E-state index is -1.34. The first-order valence-electron chi connectivity index (χ1n) is 4.09. The standard InChI is InChI=1S/C9H9F2NO3/c10-5-1-2-7(6(11)3-5)15-8(4-12)9(13)14/h1-3,8H,4,12H2,(H,13,14). The molecule has 1 rings (SSSR count). The van der Waals surface area contributed by atoms with Gasteiger partial charge in [-0.05, 0) is 12.1 Å². The first kappa shape index (κ1) is 11.4. The van der Waals surface area contributed by atoms with Crippen LogP contribution in [0.4, 0.5) is 8.78 Å². The summed E-state index contributed by atoms with van der Waals surface area (Å²) < 4.78 is 30.2. The number of hydrogen-bond donors (Lipinski definition) is 2. The van der Waals surface area contributed by atoms with Crippen LogP contribution in [0.3, 0.4) is 0 Å². The van der Waals surface area contributed by atoms with Gasteiger partial charge in [0.1, 0.15) is 5.82 Å². The normalized spacial score (nSPS) is 12.2. The van der Waals surface area contributed by atoms with E-state index in [4.69, 9.17) is 15.6 Å². The van der Waals surface area contributed by atoms with Crippen LogP contribution in [-0.2, 0) is 4.79 Å². The number of carbonyl (C=O) groups is 1. The lowest BCUT2D eigenvalue weighted by Gasteiger charge is -2.13. The SMILES string of the molecule is NCC(Oc1ccc(F)cc1F)C(=O)O. The first-order valence-corrected chi connectivity index (χ1v) is 4.09. The van der Waals surface area contributed by atoms with Gasteiger partial charge in [0.15, 0.2) is 11.6 Å². The molecule has 0 saturated carbocycles. The van der Waals surface area contributed by atoms with Crippen LogP contribution >= 0.6 is 0 Å². The van der Waals surface area contributed by atoms with Crippen LogP contribution < -0.4 is 10.5 Å². The van der Waals surface area contributed by atoms with Crippen molar-refractivity contribution in [3.8, 4) is 5.75 Å². The molecule has 0 spiro atoms. The number of hydrogen-bond acceptors (Lipinski definition) is 3. The van der Waals surface area contributed by atoms with Gasteiger partial charge in [0.2, 0.25) is 6.10 Å². The highest BCUT2D eigenvalue weighted by molar-refractivity contribution is 5.73. The maximum Gasteiger partial charge on any atom is 0.346 e. The minimum Gasteiger partial charge on any atom is -0.478 e. The highest BCUT2D eigenvalue weighted by Gasteiger charge is 2.19. The topological polar surface area (TPSA) is 72.5 Å². The smallest absolute Gasteiger partial charge is 0.346 e. The number of nitrogens with two attached hydrogens (primary N) is 1. The Labute approximate surface area is 84.3 Å². The Morgan fingerprint density at radius 3 is 2.67 bits per heavy atom. The largest absolute Gasteiger partial charge is 0.478 e. The molecule has 0 saturated heterocycles. The summed E-state index contributed by atoms with van der Waals surface area (Å²) in [6, 6.07) is 2.58. The number of rotatable bonds is 4. The predicted molar refractivity (Wildman–Crippen MR) is 47.5 cm³/mol. The quantitative estimate of drug-likeness (QED) is 0.780. The summed E-state index contributed by atoms with van der Waals surface area (Å²) in [6.07, 6.45) is -1.34. The third kappa shape index (κ3) is 2.88. The second-order valence-electron chi connectivity index (χ2n) is 2.76. The maximum atomic E-state index is 13.0. The van der Waals surface area contributed by atoms with Crippen LogP contribution in [0.15, 0.2) is 18.2 Å². The Hall–Kier alpha value is -1.69. The zero-order valence-corrected chi connectivity index (χ0v) is 7.61. The highest BCUT2D eigenvalue weighted by atomic mass is 19.1. The van der Waals surface area contributed by atoms with E-state index in [0.717, 1.165) is 12.1 Å². The Balaban J connectivity index is 2.84. The third-order valence-electron chi connectivity index (χ3n) is 1.65. The van der Waals surface area contributed by atoms with Crippen molar-refractivity contribution < 1.29 is 23.4 Å². The Bertz CT molecular complexity index is 370. The molecule has 82 valence electrons. The first-order chi connectivity index (χ1) is 7.04. The number of carboxylic acids is 1. The second kappa shape index (κ2) is 4.70. The van der Waals surface area contributed by atoms with E-state index in [9.17, 15) is 13.6 Å². The van der Waals surface area contributed by atoms with Crippen molar-refractivity contribution in [2.24, 2.45) is 5.73 Å². The van der Waals surface area contributed by atoms with Gasteiger partial charge in [-0.2, -0.15) is 0 Å². The van der Waals surface area contributed by atoms with E-state index in [2.05, 4.69) is 0 Å². The maximum absolute atomic E-state index is 13.0. The van der Waals surface area contributed by atoms with E-state index in [0.29, 0.717) is 6.07 Å². The fourth-order valence-corrected chi connectivity index (χ4v) is 0.923. The zero-order chi connectivity index (χ0) is 11.4. The Morgan fingerprint density at radius 2 is 2.20 bits per heavy atom. The van der Waals surface area contributed by atoms with Crippen molar-refractivity contribution in [2.45, 2.75) is 6.10 Å². The molecule has 0 aliphatic carbocycles. The van der Waals surface area contributed by atoms with E-state index < -0.39 is 23.7 Å². The minimum absolute atomic E-state index is 0.299. The van der Waals surface area contributed by atoms with E-state index in [-0.39, 0.29) is 12.3 Å². The van der Waals surface area contributed by atoms with Crippen LogP contribution in [0.25, 0.3) is 0 Å². The van der Waals surface area contributed by atoms with Crippen LogP contribution in [0, 0.1) is 11.6 Å². The summed E-state index contributed by atoms with van der Waals surface area (Å²) in [7, 11) is 0. The average molecular weight is 217 g/mol. The highest BCUT2D eigenvalue weighted by Crippen LogP contribution is 2.18. The monoisotopic (exact) mass is 217 g/mol. The molecule has 1 aromatic rings. The van der Waals surface area contributed by atoms with E-state index in [1.807, 2.05) is 0 Å². The molecule has 0 aliphatic heterocycles. The molecular formula is C9H9F2NO3. The summed E-state index contributed by atoms with van der Waals surface area (Å²) in [4.78, 5) is 10.5. The second-order valence-corrected chi connectivity index (χ2v) is 2.76. The van der Waals surface area contributed by atoms with Gasteiger partial charge >= 0.3 is 5.97 Å². The fraction of sp³-hybridized carbons (Fsp3) is 0.222. The zero-order valence-electron chi connectivity index (χ0n) is 7.61. The molecule has 1 aromatic carbocycles. The fourth-order valence-electron chi connectivity index (χ4n) is 0.923. The van der Waals surface area contributed by atoms with E-state index in [1.54, 1.807) is 0 Å². The molecule has 15 heavy (non-hydrogen) atoms. The van der Waals surface area contributed by atoms with Gasteiger partial charge in [0, 0.05) is 12.6 Å². The molecule has 0 radical (unpaired) electrons. The molecule has 0 bridgehead atoms. The molecular weight excluding hydrogens is 208 g/mol. The molecule has 6 heteroatoms. The number of benzene rings is 1. The van der Waals surface area contributed by atoms with E-state index in [1.165, 1.54) is 0 Å². The molecule has 0 fully saturated rings. The van der Waals surface area contributed by atoms with Crippen molar-refractivity contribution in [1.29, 1.82) is 0 Å². The number of aliphatic carboxylic acids is 1. The van der Waals surface area contributed by atoms with Crippen molar-refractivity contribution in [1.82, 2.24) is 0 Å². The van der Waals surface area contributed by atoms with Crippen molar-refractivity contribution in [3.63, 3.8) is 0 Å². The molecule has 3 N–H and O–H groups in total. The van der Waals surface area contributed by atoms with Gasteiger partial charge in [-0.15, -0.1) is 0 Å². The Morgan fingerprint density at radius 1 is 1.53 bits per heavy atom. The third-order valence-corrected chi connectivity index (χ3v) is 1.65. The van der Waals surface area contributed by atoms with E-state index >= 15 is 0 Å². The van der Waals surface area contributed by atoms with Crippen molar-refractivity contribution in [3.05, 3.63) is 29.8 Å². The number of halogens is 2. The van der Waals surface area contributed by atoms with Gasteiger partial charge in [-0.3, -0.25) is 0 Å². The molecule has 1 unspecified atom stereocenters. The van der Waals surface area contributed by atoms with Gasteiger partial charge < -0.3 is 15.6 Å². The number of ether oxygens (including phenoxy) is 1. The van der Waals surface area contributed by atoms with Gasteiger partial charge in [-0.1, -0.05) is 0 Å². The summed E-state index contributed by atoms with van der Waals surface area (Å²) in [6.45, 7) is -0.299. The summed E-state index contributed by atoms with van der Waals surface area (Å²) >= 11 is 0. The summed E-state index contributed by atoms with van der Waals surface area (Å²) in [5.41, 5.74) is 5.10. The van der Waals surface area contributed by atoms with Gasteiger partial charge in [-0.25, -0.2) is 13.6 Å². The molecule has 4 nitrogen and oxygen atoms in total. The number of carboxylic acid groups (broad SMARTS) is 1. The average Bonchev–Trinajstić information content (AvgIpc) is 2.16. The van der Waals surface area contributed by atoms with Crippen LogP contribution in [0.5, 0.6) is 5.75 Å². The molecule has 1 atom stereocenters. The predicted octanol–water partition coefficient (Wildman–Crippen LogP) is 0.756. The van der Waals surface area contributed by atoms with Crippen molar-refractivity contribution >= 4 is 5.97 Å². The molecule has 0 aromatic heterocycles. The molecule has 0 amide bonds. The van der Waals surface area contributed by atoms with Gasteiger partial charge in [0.05, 0.1) is 0 Å². The summed E-state index contributed by atoms with van der Waals surface area (Å²) in [5, 5.41) is 8.58. The van der Waals surface area contributed by atoms with Crippen LogP contribution in [0.2, 0.25) is 0 Å². The Kier molecular flexibility index (Phi) is 3.56. The lowest BCUT2D eigenvalue weighted by Crippen LogP contribution is -2.35. The lowest BCUT2D eigenvalue weighted by atomic mass is 10.3. The van der Waals surface area contributed by atoms with Crippen LogP contribution in [-0.4, -0.2) is 23.7 Å². The molecule has 0 heterocycles.